The molecule has 3 aromatic rings. The number of aryl methyl sites for hydroxylation is 1. The van der Waals surface area contributed by atoms with Crippen molar-refractivity contribution in [2.75, 3.05) is 5.32 Å². The second-order valence-electron chi connectivity index (χ2n) is 7.57. The number of carbonyl (C=O) groups excluding carboxylic acids is 1. The van der Waals surface area contributed by atoms with Gasteiger partial charge >= 0.3 is 0 Å². The minimum atomic E-state index is -0.318. The number of aromatic nitrogens is 1. The Labute approximate surface area is 178 Å². The van der Waals surface area contributed by atoms with Gasteiger partial charge in [0.1, 0.15) is 0 Å². The summed E-state index contributed by atoms with van der Waals surface area (Å²) in [5, 5.41) is 8.56. The summed E-state index contributed by atoms with van der Waals surface area (Å²) in [5.74, 6) is 0.511. The number of ketones is 1. The Morgan fingerprint density at radius 1 is 1.10 bits per heavy atom. The van der Waals surface area contributed by atoms with E-state index in [1.54, 1.807) is 12.1 Å². The van der Waals surface area contributed by atoms with E-state index in [2.05, 4.69) is 22.6 Å². The van der Waals surface area contributed by atoms with Gasteiger partial charge in [-0.15, -0.1) is 0 Å². The molecule has 0 saturated heterocycles. The van der Waals surface area contributed by atoms with Crippen LogP contribution in [0.1, 0.15) is 47.1 Å². The molecule has 2 atom stereocenters. The summed E-state index contributed by atoms with van der Waals surface area (Å²) in [6, 6.07) is 15.5. The maximum absolute atomic E-state index is 13.4. The molecule has 0 fully saturated rings. The van der Waals surface area contributed by atoms with Gasteiger partial charge in [-0.1, -0.05) is 64.8 Å². The highest BCUT2D eigenvalue weighted by atomic mass is 35.5. The Kier molecular flexibility index (Phi) is 4.49. The normalized spacial score (nSPS) is 20.9. The molecule has 6 heteroatoms. The predicted octanol–water partition coefficient (Wildman–Crippen LogP) is 6.25. The highest BCUT2D eigenvalue weighted by Crippen LogP contribution is 2.50. The number of allylic oxidation sites excluding steroid dienone is 2. The molecule has 0 spiro atoms. The molecule has 29 heavy (non-hydrogen) atoms. The third-order valence-corrected chi connectivity index (χ3v) is 6.36. The molecule has 0 saturated carbocycles. The van der Waals surface area contributed by atoms with E-state index in [4.69, 9.17) is 27.7 Å². The molecule has 1 aromatic heterocycles. The Morgan fingerprint density at radius 3 is 2.66 bits per heavy atom. The molecule has 4 nitrogen and oxygen atoms in total. The first kappa shape index (κ1) is 18.5. The summed E-state index contributed by atoms with van der Waals surface area (Å²) in [6.45, 7) is 1.88. The van der Waals surface area contributed by atoms with Crippen LogP contribution in [-0.2, 0) is 4.79 Å². The van der Waals surface area contributed by atoms with Gasteiger partial charge in [-0.25, -0.2) is 0 Å². The third kappa shape index (κ3) is 3.07. The average Bonchev–Trinajstić information content (AvgIpc) is 3.08. The molecule has 0 unspecified atom stereocenters. The second-order valence-corrected chi connectivity index (χ2v) is 8.41. The molecular formula is C23H18Cl2N2O2. The zero-order chi connectivity index (χ0) is 20.1. The van der Waals surface area contributed by atoms with Gasteiger partial charge in [0.2, 0.25) is 5.88 Å². The molecule has 146 valence electrons. The van der Waals surface area contributed by atoms with Gasteiger partial charge in [0.15, 0.2) is 5.78 Å². The summed E-state index contributed by atoms with van der Waals surface area (Å²) in [4.78, 5) is 13.4. The number of Topliss-reactive ketones (excluding diaryl/α,β-unsaturated/α-hetero) is 1. The largest absolute Gasteiger partial charge is 0.338 e. The van der Waals surface area contributed by atoms with Crippen LogP contribution in [0, 0.1) is 6.92 Å². The molecule has 0 amide bonds. The number of benzene rings is 2. The Bertz CT molecular complexity index is 1150. The predicted molar refractivity (Wildman–Crippen MR) is 114 cm³/mol. The molecule has 2 heterocycles. The van der Waals surface area contributed by atoms with Crippen LogP contribution >= 0.6 is 23.2 Å². The first-order valence-corrected chi connectivity index (χ1v) is 10.3. The zero-order valence-electron chi connectivity index (χ0n) is 15.7. The van der Waals surface area contributed by atoms with E-state index in [-0.39, 0.29) is 17.6 Å². The van der Waals surface area contributed by atoms with Gasteiger partial charge in [0, 0.05) is 33.7 Å². The molecule has 1 aliphatic heterocycles. The van der Waals surface area contributed by atoms with Crippen molar-refractivity contribution >= 4 is 34.9 Å². The van der Waals surface area contributed by atoms with E-state index in [9.17, 15) is 4.79 Å². The van der Waals surface area contributed by atoms with Crippen molar-refractivity contribution in [1.82, 2.24) is 5.16 Å². The van der Waals surface area contributed by atoms with Gasteiger partial charge in [-0.3, -0.25) is 4.79 Å². The van der Waals surface area contributed by atoms with Gasteiger partial charge in [-0.2, -0.15) is 0 Å². The van der Waals surface area contributed by atoms with Gasteiger partial charge < -0.3 is 9.84 Å². The smallest absolute Gasteiger partial charge is 0.233 e. The van der Waals surface area contributed by atoms with Crippen LogP contribution in [0.3, 0.4) is 0 Å². The number of rotatable bonds is 2. The van der Waals surface area contributed by atoms with E-state index in [0.717, 1.165) is 40.1 Å². The SMILES string of the molecule is Cc1noc2c1[C@@H](c1ccc(Cl)cc1Cl)C1=C(C[C@@H](c3ccccc3)CC1=O)N2. The zero-order valence-corrected chi connectivity index (χ0v) is 17.2. The molecule has 0 radical (unpaired) electrons. The van der Waals surface area contributed by atoms with Crippen LogP contribution in [0.5, 0.6) is 0 Å². The van der Waals surface area contributed by atoms with Crippen LogP contribution in [0.4, 0.5) is 5.88 Å². The van der Waals surface area contributed by atoms with E-state index in [1.165, 1.54) is 0 Å². The number of nitrogens with zero attached hydrogens (tertiary/aromatic N) is 1. The standard InChI is InChI=1S/C23H18Cl2N2O2/c1-12-20-21(16-8-7-15(24)11-17(16)25)22-18(26-23(20)29-27-12)9-14(10-19(22)28)13-5-3-2-4-6-13/h2-8,11,14,21,26H,9-10H2,1H3/t14-,21-/m1/s1. The summed E-state index contributed by atoms with van der Waals surface area (Å²) < 4.78 is 5.55. The lowest BCUT2D eigenvalue weighted by molar-refractivity contribution is -0.116. The topological polar surface area (TPSA) is 55.1 Å². The fourth-order valence-electron chi connectivity index (χ4n) is 4.48. The van der Waals surface area contributed by atoms with E-state index in [1.807, 2.05) is 31.2 Å². The minimum Gasteiger partial charge on any atom is -0.338 e. The van der Waals surface area contributed by atoms with Crippen LogP contribution in [-0.4, -0.2) is 10.9 Å². The summed E-state index contributed by atoms with van der Waals surface area (Å²) in [7, 11) is 0. The Balaban J connectivity index is 1.66. The lowest BCUT2D eigenvalue weighted by Crippen LogP contribution is -2.29. The molecular weight excluding hydrogens is 407 g/mol. The first-order valence-electron chi connectivity index (χ1n) is 9.52. The second kappa shape index (κ2) is 7.05. The van der Waals surface area contributed by atoms with Crippen molar-refractivity contribution in [3.05, 3.63) is 92.2 Å². The molecule has 1 aliphatic carbocycles. The van der Waals surface area contributed by atoms with Crippen molar-refractivity contribution in [2.45, 2.75) is 31.6 Å². The lowest BCUT2D eigenvalue weighted by Gasteiger charge is -2.34. The van der Waals surface area contributed by atoms with E-state index >= 15 is 0 Å². The average molecular weight is 425 g/mol. The van der Waals surface area contributed by atoms with E-state index in [0.29, 0.717) is 22.4 Å². The molecule has 1 N–H and O–H groups in total. The fraction of sp³-hybridized carbons (Fsp3) is 0.217. The number of carbonyl (C=O) groups is 1. The maximum Gasteiger partial charge on any atom is 0.233 e. The number of hydrogen-bond acceptors (Lipinski definition) is 4. The third-order valence-electron chi connectivity index (χ3n) is 5.80. The molecule has 5 rings (SSSR count). The summed E-state index contributed by atoms with van der Waals surface area (Å²) in [5.41, 5.74) is 5.24. The number of nitrogens with one attached hydrogen (secondary N) is 1. The van der Waals surface area contributed by atoms with Crippen molar-refractivity contribution in [3.63, 3.8) is 0 Å². The molecule has 2 aromatic carbocycles. The maximum atomic E-state index is 13.4. The van der Waals surface area contributed by atoms with E-state index < -0.39 is 0 Å². The number of fused-ring (bicyclic) bond motifs is 1. The van der Waals surface area contributed by atoms with Crippen molar-refractivity contribution < 1.29 is 9.32 Å². The summed E-state index contributed by atoms with van der Waals surface area (Å²) in [6.07, 6.45) is 1.19. The van der Waals surface area contributed by atoms with Crippen LogP contribution in [0.2, 0.25) is 10.0 Å². The van der Waals surface area contributed by atoms with Gasteiger partial charge in [0.25, 0.3) is 0 Å². The Morgan fingerprint density at radius 2 is 1.90 bits per heavy atom. The molecule has 0 bridgehead atoms. The minimum absolute atomic E-state index is 0.120. The Hall–Kier alpha value is -2.56. The fourth-order valence-corrected chi connectivity index (χ4v) is 5.00. The van der Waals surface area contributed by atoms with Crippen LogP contribution in [0.25, 0.3) is 0 Å². The first-order chi connectivity index (χ1) is 14.0. The lowest BCUT2D eigenvalue weighted by atomic mass is 9.72. The number of anilines is 1. The number of halogens is 2. The van der Waals surface area contributed by atoms with Crippen molar-refractivity contribution in [3.8, 4) is 0 Å². The highest BCUT2D eigenvalue weighted by Gasteiger charge is 2.41. The van der Waals surface area contributed by atoms with Crippen molar-refractivity contribution in [2.24, 2.45) is 0 Å². The highest BCUT2D eigenvalue weighted by molar-refractivity contribution is 6.35. The van der Waals surface area contributed by atoms with Gasteiger partial charge in [0.05, 0.1) is 11.3 Å². The summed E-state index contributed by atoms with van der Waals surface area (Å²) >= 11 is 12.7. The monoisotopic (exact) mass is 424 g/mol. The van der Waals surface area contributed by atoms with Gasteiger partial charge in [-0.05, 0) is 42.5 Å². The quantitative estimate of drug-likeness (QED) is 0.528. The number of hydrogen-bond donors (Lipinski definition) is 1. The molecule has 2 aliphatic rings. The van der Waals surface area contributed by atoms with Crippen molar-refractivity contribution in [1.29, 1.82) is 0 Å². The van der Waals surface area contributed by atoms with Crippen LogP contribution in [0.15, 0.2) is 64.3 Å². The van der Waals surface area contributed by atoms with Crippen LogP contribution < -0.4 is 5.32 Å².